The Morgan fingerprint density at radius 1 is 0.870 bits per heavy atom. The maximum atomic E-state index is 5.53. The molecule has 2 aromatic carbocycles. The van der Waals surface area contributed by atoms with Crippen molar-refractivity contribution in [3.05, 3.63) is 59.2 Å². The van der Waals surface area contributed by atoms with E-state index < -0.39 is 0 Å². The van der Waals surface area contributed by atoms with Crippen molar-refractivity contribution in [2.75, 3.05) is 28.3 Å². The predicted molar refractivity (Wildman–Crippen MR) is 93.9 cm³/mol. The van der Waals surface area contributed by atoms with Crippen molar-refractivity contribution in [3.8, 4) is 11.5 Å². The van der Waals surface area contributed by atoms with E-state index in [1.54, 1.807) is 14.2 Å². The van der Waals surface area contributed by atoms with Crippen LogP contribution in [0.25, 0.3) is 0 Å². The lowest BCUT2D eigenvalue weighted by Crippen LogP contribution is -2.14. The molecule has 0 fully saturated rings. The lowest BCUT2D eigenvalue weighted by Gasteiger charge is -2.14. The minimum absolute atomic E-state index is 0.775. The topological polar surface area (TPSA) is 33.7 Å². The molecule has 2 aromatic rings. The SMILES string of the molecule is COc1ccc(CNCc2ccc(CN(C)C)cc2OC)cc1. The smallest absolute Gasteiger partial charge is 0.123 e. The van der Waals surface area contributed by atoms with E-state index in [9.17, 15) is 0 Å². The van der Waals surface area contributed by atoms with Crippen molar-refractivity contribution < 1.29 is 9.47 Å². The lowest BCUT2D eigenvalue weighted by atomic mass is 10.1. The third-order valence-electron chi connectivity index (χ3n) is 3.65. The van der Waals surface area contributed by atoms with Crippen molar-refractivity contribution >= 4 is 0 Å². The zero-order chi connectivity index (χ0) is 16.7. The summed E-state index contributed by atoms with van der Waals surface area (Å²) >= 11 is 0. The summed E-state index contributed by atoms with van der Waals surface area (Å²) in [6.07, 6.45) is 0. The number of nitrogens with one attached hydrogen (secondary N) is 1. The Hall–Kier alpha value is -2.04. The fourth-order valence-electron chi connectivity index (χ4n) is 2.48. The van der Waals surface area contributed by atoms with E-state index in [2.05, 4.69) is 54.6 Å². The van der Waals surface area contributed by atoms with Crippen molar-refractivity contribution in [1.82, 2.24) is 10.2 Å². The summed E-state index contributed by atoms with van der Waals surface area (Å²) < 4.78 is 10.7. The zero-order valence-corrected chi connectivity index (χ0v) is 14.4. The van der Waals surface area contributed by atoms with Gasteiger partial charge < -0.3 is 19.7 Å². The average molecular weight is 314 g/mol. The second-order valence-electron chi connectivity index (χ2n) is 5.84. The molecule has 0 aliphatic rings. The highest BCUT2D eigenvalue weighted by Gasteiger charge is 2.05. The van der Waals surface area contributed by atoms with E-state index in [0.717, 1.165) is 31.1 Å². The van der Waals surface area contributed by atoms with Crippen LogP contribution in [0.3, 0.4) is 0 Å². The van der Waals surface area contributed by atoms with Crippen LogP contribution in [0.2, 0.25) is 0 Å². The van der Waals surface area contributed by atoms with Gasteiger partial charge >= 0.3 is 0 Å². The van der Waals surface area contributed by atoms with Crippen molar-refractivity contribution in [3.63, 3.8) is 0 Å². The molecule has 0 heterocycles. The van der Waals surface area contributed by atoms with E-state index in [0.29, 0.717) is 0 Å². The summed E-state index contributed by atoms with van der Waals surface area (Å²) in [7, 11) is 7.54. The molecule has 0 aliphatic carbocycles. The van der Waals surface area contributed by atoms with Gasteiger partial charge in [-0.3, -0.25) is 0 Å². The highest BCUT2D eigenvalue weighted by molar-refractivity contribution is 5.37. The van der Waals surface area contributed by atoms with Crippen LogP contribution in [0.1, 0.15) is 16.7 Å². The second kappa shape index (κ2) is 8.56. The highest BCUT2D eigenvalue weighted by atomic mass is 16.5. The number of nitrogens with zero attached hydrogens (tertiary/aromatic N) is 1. The molecule has 0 saturated carbocycles. The van der Waals surface area contributed by atoms with Gasteiger partial charge in [-0.2, -0.15) is 0 Å². The Balaban J connectivity index is 1.93. The number of methoxy groups -OCH3 is 2. The molecule has 124 valence electrons. The Kier molecular flexibility index (Phi) is 6.44. The summed E-state index contributed by atoms with van der Waals surface area (Å²) in [6.45, 7) is 2.50. The van der Waals surface area contributed by atoms with Crippen LogP contribution in [0, 0.1) is 0 Å². The van der Waals surface area contributed by atoms with Gasteiger partial charge in [-0.05, 0) is 43.4 Å². The first-order valence-electron chi connectivity index (χ1n) is 7.76. The van der Waals surface area contributed by atoms with Crippen molar-refractivity contribution in [1.29, 1.82) is 0 Å². The standard InChI is InChI=1S/C19H26N2O2/c1-21(2)14-16-5-8-17(19(11-16)23-4)13-20-12-15-6-9-18(22-3)10-7-15/h5-11,20H,12-14H2,1-4H3. The largest absolute Gasteiger partial charge is 0.497 e. The normalized spacial score (nSPS) is 10.8. The van der Waals surface area contributed by atoms with Gasteiger partial charge in [-0.15, -0.1) is 0 Å². The molecule has 0 radical (unpaired) electrons. The van der Waals surface area contributed by atoms with Gasteiger partial charge in [0.05, 0.1) is 14.2 Å². The van der Waals surface area contributed by atoms with Crippen LogP contribution in [0.4, 0.5) is 0 Å². The number of rotatable bonds is 8. The first kappa shape index (κ1) is 17.3. The highest BCUT2D eigenvalue weighted by Crippen LogP contribution is 2.21. The molecule has 0 unspecified atom stereocenters. The molecule has 4 heteroatoms. The van der Waals surface area contributed by atoms with Gasteiger partial charge in [-0.1, -0.05) is 24.3 Å². The first-order chi connectivity index (χ1) is 11.1. The molecule has 4 nitrogen and oxygen atoms in total. The number of hydrogen-bond donors (Lipinski definition) is 1. The summed E-state index contributed by atoms with van der Waals surface area (Å²) in [5.41, 5.74) is 3.66. The van der Waals surface area contributed by atoms with Crippen LogP contribution >= 0.6 is 0 Å². The molecule has 23 heavy (non-hydrogen) atoms. The van der Waals surface area contributed by atoms with Crippen LogP contribution in [0.5, 0.6) is 11.5 Å². The van der Waals surface area contributed by atoms with Gasteiger partial charge in [0.25, 0.3) is 0 Å². The molecule has 0 saturated heterocycles. The molecule has 2 rings (SSSR count). The maximum absolute atomic E-state index is 5.53. The number of hydrogen-bond acceptors (Lipinski definition) is 4. The molecule has 0 amide bonds. The fourth-order valence-corrected chi connectivity index (χ4v) is 2.48. The lowest BCUT2D eigenvalue weighted by molar-refractivity contribution is 0.392. The molecule has 0 bridgehead atoms. The summed E-state index contributed by atoms with van der Waals surface area (Å²) in [4.78, 5) is 2.15. The second-order valence-corrected chi connectivity index (χ2v) is 5.84. The molecular weight excluding hydrogens is 288 g/mol. The van der Waals surface area contributed by atoms with Crippen LogP contribution in [-0.4, -0.2) is 33.2 Å². The van der Waals surface area contributed by atoms with Gasteiger partial charge in [0, 0.05) is 25.2 Å². The summed E-state index contributed by atoms with van der Waals surface area (Å²) in [6, 6.07) is 14.5. The summed E-state index contributed by atoms with van der Waals surface area (Å²) in [5, 5.41) is 3.46. The van der Waals surface area contributed by atoms with Crippen LogP contribution in [0.15, 0.2) is 42.5 Å². The fraction of sp³-hybridized carbons (Fsp3) is 0.368. The van der Waals surface area contributed by atoms with E-state index in [1.165, 1.54) is 16.7 Å². The zero-order valence-electron chi connectivity index (χ0n) is 14.4. The van der Waals surface area contributed by atoms with Crippen LogP contribution in [-0.2, 0) is 19.6 Å². The third kappa shape index (κ3) is 5.27. The Morgan fingerprint density at radius 3 is 2.17 bits per heavy atom. The number of ether oxygens (including phenoxy) is 2. The first-order valence-corrected chi connectivity index (χ1v) is 7.76. The maximum Gasteiger partial charge on any atom is 0.123 e. The monoisotopic (exact) mass is 314 g/mol. The quantitative estimate of drug-likeness (QED) is 0.812. The molecule has 0 spiro atoms. The van der Waals surface area contributed by atoms with E-state index >= 15 is 0 Å². The Bertz CT molecular complexity index is 609. The Labute approximate surface area is 139 Å². The number of benzene rings is 2. The Morgan fingerprint density at radius 2 is 1.57 bits per heavy atom. The molecule has 0 atom stereocenters. The van der Waals surface area contributed by atoms with Crippen molar-refractivity contribution in [2.24, 2.45) is 0 Å². The predicted octanol–water partition coefficient (Wildman–Crippen LogP) is 3.06. The minimum atomic E-state index is 0.775. The van der Waals surface area contributed by atoms with Crippen molar-refractivity contribution in [2.45, 2.75) is 19.6 Å². The minimum Gasteiger partial charge on any atom is -0.497 e. The van der Waals surface area contributed by atoms with Crippen LogP contribution < -0.4 is 14.8 Å². The van der Waals surface area contributed by atoms with Gasteiger partial charge in [0.15, 0.2) is 0 Å². The molecule has 1 N–H and O–H groups in total. The van der Waals surface area contributed by atoms with Gasteiger partial charge in [0.1, 0.15) is 11.5 Å². The van der Waals surface area contributed by atoms with E-state index in [-0.39, 0.29) is 0 Å². The van der Waals surface area contributed by atoms with E-state index in [1.807, 2.05) is 12.1 Å². The van der Waals surface area contributed by atoms with Gasteiger partial charge in [-0.25, -0.2) is 0 Å². The summed E-state index contributed by atoms with van der Waals surface area (Å²) in [5.74, 6) is 1.82. The molecule has 0 aliphatic heterocycles. The van der Waals surface area contributed by atoms with E-state index in [4.69, 9.17) is 9.47 Å². The van der Waals surface area contributed by atoms with Gasteiger partial charge in [0.2, 0.25) is 0 Å². The third-order valence-corrected chi connectivity index (χ3v) is 3.65. The molecular formula is C19H26N2O2. The molecule has 0 aromatic heterocycles. The average Bonchev–Trinajstić information content (AvgIpc) is 2.56.